The topological polar surface area (TPSA) is 15.6 Å². The summed E-state index contributed by atoms with van der Waals surface area (Å²) in [5.41, 5.74) is 2.01. The van der Waals surface area contributed by atoms with Gasteiger partial charge in [0.05, 0.1) is 5.36 Å². The Bertz CT molecular complexity index is 593. The Hall–Kier alpha value is -1.57. The minimum Gasteiger partial charge on any atom is -0.349 e. The molecule has 2 heteroatoms. The highest BCUT2D eigenvalue weighted by Gasteiger charge is 2.49. The summed E-state index contributed by atoms with van der Waals surface area (Å²) in [6, 6.07) is 8.36. The van der Waals surface area contributed by atoms with Crippen molar-refractivity contribution < 1.29 is 0 Å². The van der Waals surface area contributed by atoms with Crippen LogP contribution in [0, 0.1) is 5.41 Å². The van der Waals surface area contributed by atoms with Crippen LogP contribution in [0.3, 0.4) is 0 Å². The summed E-state index contributed by atoms with van der Waals surface area (Å²) in [4.78, 5) is 6.99. The average molecular weight is 210 g/mol. The van der Waals surface area contributed by atoms with Crippen molar-refractivity contribution in [2.75, 3.05) is 6.54 Å². The molecule has 1 spiro atoms. The fourth-order valence-electron chi connectivity index (χ4n) is 2.79. The highest BCUT2D eigenvalue weighted by atomic mass is 15.2. The summed E-state index contributed by atoms with van der Waals surface area (Å²) in [6.07, 6.45) is 8.35. The number of nitrogens with zero attached hydrogens (tertiary/aromatic N) is 2. The number of rotatable bonds is 0. The van der Waals surface area contributed by atoms with Crippen LogP contribution in [-0.2, 0) is 0 Å². The van der Waals surface area contributed by atoms with Gasteiger partial charge < -0.3 is 4.90 Å². The third-order valence-electron chi connectivity index (χ3n) is 3.97. The van der Waals surface area contributed by atoms with E-state index in [-0.39, 0.29) is 0 Å². The number of fused-ring (bicyclic) bond motifs is 2. The van der Waals surface area contributed by atoms with Gasteiger partial charge in [0.1, 0.15) is 0 Å². The van der Waals surface area contributed by atoms with Gasteiger partial charge in [-0.1, -0.05) is 18.2 Å². The number of benzene rings is 1. The maximum atomic E-state index is 4.59. The predicted octanol–water partition coefficient (Wildman–Crippen LogP) is 1.39. The zero-order chi connectivity index (χ0) is 10.6. The molecule has 2 fully saturated rings. The normalized spacial score (nSPS) is 23.8. The van der Waals surface area contributed by atoms with Crippen LogP contribution in [0.2, 0.25) is 0 Å². The molecular weight excluding hydrogens is 196 g/mol. The molecule has 4 rings (SSSR count). The first-order valence-corrected chi connectivity index (χ1v) is 5.95. The smallest absolute Gasteiger partial charge is 0.0717 e. The molecule has 1 saturated heterocycles. The third-order valence-corrected chi connectivity index (χ3v) is 3.97. The molecule has 3 aliphatic rings. The van der Waals surface area contributed by atoms with Crippen molar-refractivity contribution in [2.24, 2.45) is 10.4 Å². The van der Waals surface area contributed by atoms with Gasteiger partial charge in [0, 0.05) is 29.9 Å². The van der Waals surface area contributed by atoms with E-state index in [1.165, 1.54) is 36.7 Å². The number of para-hydroxylation sites is 1. The molecule has 1 saturated carbocycles. The molecule has 2 aliphatic heterocycles. The fourth-order valence-corrected chi connectivity index (χ4v) is 2.79. The Kier molecular flexibility index (Phi) is 1.48. The van der Waals surface area contributed by atoms with Gasteiger partial charge in [-0.3, -0.25) is 4.99 Å². The zero-order valence-electron chi connectivity index (χ0n) is 9.19. The molecule has 0 atom stereocenters. The summed E-state index contributed by atoms with van der Waals surface area (Å²) in [7, 11) is 0. The lowest BCUT2D eigenvalue weighted by atomic mass is 10.1. The van der Waals surface area contributed by atoms with Crippen molar-refractivity contribution >= 4 is 6.20 Å². The highest BCUT2D eigenvalue weighted by molar-refractivity contribution is 5.34. The minimum absolute atomic E-state index is 0.615. The van der Waals surface area contributed by atoms with Crippen LogP contribution in [0.25, 0.3) is 6.20 Å². The second kappa shape index (κ2) is 2.76. The largest absolute Gasteiger partial charge is 0.349 e. The molecule has 0 amide bonds. The van der Waals surface area contributed by atoms with Gasteiger partial charge in [0.15, 0.2) is 0 Å². The molecule has 0 radical (unpaired) electrons. The summed E-state index contributed by atoms with van der Waals surface area (Å²) in [5.74, 6) is 0. The van der Waals surface area contributed by atoms with Crippen molar-refractivity contribution in [1.82, 2.24) is 4.90 Å². The molecule has 1 aliphatic carbocycles. The van der Waals surface area contributed by atoms with Crippen LogP contribution in [0.5, 0.6) is 0 Å². The van der Waals surface area contributed by atoms with E-state index in [1.54, 1.807) is 0 Å². The first-order chi connectivity index (χ1) is 7.85. The predicted molar refractivity (Wildman–Crippen MR) is 62.8 cm³/mol. The molecule has 80 valence electrons. The van der Waals surface area contributed by atoms with Crippen molar-refractivity contribution in [1.29, 1.82) is 0 Å². The number of hydrogen-bond donors (Lipinski definition) is 0. The van der Waals surface area contributed by atoms with Crippen LogP contribution < -0.4 is 10.6 Å². The van der Waals surface area contributed by atoms with E-state index >= 15 is 0 Å². The lowest BCUT2D eigenvalue weighted by Gasteiger charge is -2.12. The van der Waals surface area contributed by atoms with Crippen molar-refractivity contribution in [3.8, 4) is 0 Å². The summed E-state index contributed by atoms with van der Waals surface area (Å²) >= 11 is 0. The molecule has 0 bridgehead atoms. The molecule has 2 heterocycles. The summed E-state index contributed by atoms with van der Waals surface area (Å²) in [5, 5.41) is 2.33. The standard InChI is InChI=1S/C14H14N2/c1-2-4-13-11(3-1)9-16-10-14(5-6-14)7-12(16)8-15-13/h1-4,8-9H,5-7,10H2. The minimum atomic E-state index is 0.615. The number of hydrogen-bond acceptors (Lipinski definition) is 2. The van der Waals surface area contributed by atoms with E-state index in [0.717, 1.165) is 5.36 Å². The van der Waals surface area contributed by atoms with Gasteiger partial charge in [-0.15, -0.1) is 0 Å². The van der Waals surface area contributed by atoms with E-state index in [2.05, 4.69) is 40.5 Å². The maximum Gasteiger partial charge on any atom is 0.0717 e. The highest BCUT2D eigenvalue weighted by Crippen LogP contribution is 2.56. The van der Waals surface area contributed by atoms with Crippen LogP contribution in [0.4, 0.5) is 0 Å². The monoisotopic (exact) mass is 210 g/mol. The first kappa shape index (κ1) is 8.57. The van der Waals surface area contributed by atoms with E-state index in [0.29, 0.717) is 5.41 Å². The van der Waals surface area contributed by atoms with Crippen molar-refractivity contribution in [3.05, 3.63) is 46.7 Å². The van der Waals surface area contributed by atoms with Gasteiger partial charge in [0.25, 0.3) is 0 Å². The van der Waals surface area contributed by atoms with Gasteiger partial charge in [-0.2, -0.15) is 0 Å². The Morgan fingerprint density at radius 2 is 2.06 bits per heavy atom. The molecule has 16 heavy (non-hydrogen) atoms. The second-order valence-corrected chi connectivity index (χ2v) is 5.24. The van der Waals surface area contributed by atoms with Crippen molar-refractivity contribution in [2.45, 2.75) is 19.3 Å². The third kappa shape index (κ3) is 1.16. The Balaban J connectivity index is 1.89. The summed E-state index contributed by atoms with van der Waals surface area (Å²) in [6.45, 7) is 1.20. The summed E-state index contributed by atoms with van der Waals surface area (Å²) < 4.78 is 0. The first-order valence-electron chi connectivity index (χ1n) is 5.95. The van der Waals surface area contributed by atoms with Crippen LogP contribution in [0.1, 0.15) is 19.3 Å². The zero-order valence-corrected chi connectivity index (χ0v) is 9.19. The van der Waals surface area contributed by atoms with Crippen molar-refractivity contribution in [3.63, 3.8) is 0 Å². The SMILES string of the molecule is C1=C2CC3(CC3)CN2C=c2ccccc2=N1. The van der Waals surface area contributed by atoms with E-state index in [9.17, 15) is 0 Å². The van der Waals surface area contributed by atoms with Crippen LogP contribution >= 0.6 is 0 Å². The maximum absolute atomic E-state index is 4.59. The van der Waals surface area contributed by atoms with Gasteiger partial charge >= 0.3 is 0 Å². The van der Waals surface area contributed by atoms with Crippen LogP contribution in [0.15, 0.2) is 41.2 Å². The van der Waals surface area contributed by atoms with Crippen LogP contribution in [-0.4, -0.2) is 11.4 Å². The van der Waals surface area contributed by atoms with Gasteiger partial charge in [-0.25, -0.2) is 0 Å². The molecule has 2 nitrogen and oxygen atoms in total. The Labute approximate surface area is 94.6 Å². The van der Waals surface area contributed by atoms with E-state index < -0.39 is 0 Å². The molecule has 1 aromatic carbocycles. The lowest BCUT2D eigenvalue weighted by Crippen LogP contribution is -2.26. The molecular formula is C14H14N2. The Morgan fingerprint density at radius 1 is 1.19 bits per heavy atom. The lowest BCUT2D eigenvalue weighted by molar-refractivity contribution is 0.483. The molecule has 0 unspecified atom stereocenters. The van der Waals surface area contributed by atoms with Gasteiger partial charge in [-0.05, 0) is 30.7 Å². The van der Waals surface area contributed by atoms with E-state index in [1.807, 2.05) is 6.07 Å². The molecule has 1 aromatic rings. The second-order valence-electron chi connectivity index (χ2n) is 5.24. The van der Waals surface area contributed by atoms with Gasteiger partial charge in [0.2, 0.25) is 0 Å². The average Bonchev–Trinajstić information content (AvgIpc) is 2.99. The fraction of sp³-hybridized carbons (Fsp3) is 0.357. The molecule has 0 N–H and O–H groups in total. The molecule has 0 aromatic heterocycles. The van der Waals surface area contributed by atoms with E-state index in [4.69, 9.17) is 0 Å². The quantitative estimate of drug-likeness (QED) is 0.631. The number of allylic oxidation sites excluding steroid dienone is 1. The Morgan fingerprint density at radius 3 is 2.94 bits per heavy atom.